The number of hydrogen-bond donors (Lipinski definition) is 2. The predicted molar refractivity (Wildman–Crippen MR) is 75.8 cm³/mol. The van der Waals surface area contributed by atoms with Gasteiger partial charge in [0.1, 0.15) is 0 Å². The van der Waals surface area contributed by atoms with Gasteiger partial charge in [0, 0.05) is 12.1 Å². The van der Waals surface area contributed by atoms with E-state index in [1.807, 2.05) is 0 Å². The highest BCUT2D eigenvalue weighted by molar-refractivity contribution is 5.93. The maximum absolute atomic E-state index is 12.3. The second-order valence-corrected chi connectivity index (χ2v) is 4.78. The molecule has 0 aliphatic carbocycles. The quantitative estimate of drug-likeness (QED) is 0.814. The van der Waals surface area contributed by atoms with Gasteiger partial charge in [-0.1, -0.05) is 6.92 Å². The molecular weight excluding hydrogens is 258 g/mol. The van der Waals surface area contributed by atoms with Crippen molar-refractivity contribution in [3.63, 3.8) is 0 Å². The third kappa shape index (κ3) is 3.68. The maximum atomic E-state index is 12.3. The number of carbonyl (C=O) groups excluding carboxylic acids is 1. The summed E-state index contributed by atoms with van der Waals surface area (Å²) >= 11 is 0. The smallest absolute Gasteiger partial charge is 0.231 e. The van der Waals surface area contributed by atoms with E-state index in [9.17, 15) is 4.79 Å². The van der Waals surface area contributed by atoms with Crippen molar-refractivity contribution in [1.82, 2.24) is 10.3 Å². The van der Waals surface area contributed by atoms with Gasteiger partial charge in [0.2, 0.25) is 11.8 Å². The molecule has 1 aromatic heterocycles. The van der Waals surface area contributed by atoms with Crippen molar-refractivity contribution in [2.75, 3.05) is 32.2 Å². The first kappa shape index (κ1) is 14.7. The molecule has 1 aliphatic rings. The van der Waals surface area contributed by atoms with E-state index in [-0.39, 0.29) is 17.9 Å². The van der Waals surface area contributed by atoms with Crippen molar-refractivity contribution in [2.45, 2.75) is 19.4 Å². The van der Waals surface area contributed by atoms with Crippen LogP contribution in [0.2, 0.25) is 0 Å². The van der Waals surface area contributed by atoms with Crippen molar-refractivity contribution in [3.05, 3.63) is 18.3 Å². The second-order valence-electron chi connectivity index (χ2n) is 4.78. The Bertz CT molecular complexity index is 436. The van der Waals surface area contributed by atoms with Crippen LogP contribution in [0.4, 0.5) is 5.69 Å². The molecule has 20 heavy (non-hydrogen) atoms. The molecule has 0 spiro atoms. The van der Waals surface area contributed by atoms with E-state index in [1.165, 1.54) is 0 Å². The molecule has 110 valence electrons. The normalized spacial score (nSPS) is 21.7. The lowest BCUT2D eigenvalue weighted by atomic mass is 10.0. The number of methoxy groups -OCH3 is 1. The van der Waals surface area contributed by atoms with Gasteiger partial charge >= 0.3 is 0 Å². The number of carbonyl (C=O) groups is 1. The zero-order chi connectivity index (χ0) is 14.4. The highest BCUT2D eigenvalue weighted by Crippen LogP contribution is 2.17. The standard InChI is InChI=1S/C14H21N3O3/c1-3-6-15-12-9-20-8-11(12)14(18)17-10-4-5-13(19-2)16-7-10/h4-5,7,11-12,15H,3,6,8-9H2,1-2H3,(H,17,18). The summed E-state index contributed by atoms with van der Waals surface area (Å²) in [6, 6.07) is 3.57. The van der Waals surface area contributed by atoms with Gasteiger partial charge in [0.15, 0.2) is 0 Å². The van der Waals surface area contributed by atoms with Crippen LogP contribution in [0.3, 0.4) is 0 Å². The molecule has 0 radical (unpaired) electrons. The van der Waals surface area contributed by atoms with Crippen molar-refractivity contribution < 1.29 is 14.3 Å². The van der Waals surface area contributed by atoms with E-state index in [0.717, 1.165) is 13.0 Å². The highest BCUT2D eigenvalue weighted by Gasteiger charge is 2.33. The fraction of sp³-hybridized carbons (Fsp3) is 0.571. The Balaban J connectivity index is 1.92. The largest absolute Gasteiger partial charge is 0.481 e. The molecule has 0 aromatic carbocycles. The predicted octanol–water partition coefficient (Wildman–Crippen LogP) is 1.04. The van der Waals surface area contributed by atoms with Crippen LogP contribution in [0, 0.1) is 5.92 Å². The minimum Gasteiger partial charge on any atom is -0.481 e. The van der Waals surface area contributed by atoms with Crippen molar-refractivity contribution >= 4 is 11.6 Å². The highest BCUT2D eigenvalue weighted by atomic mass is 16.5. The number of anilines is 1. The van der Waals surface area contributed by atoms with Crippen molar-refractivity contribution in [2.24, 2.45) is 5.92 Å². The van der Waals surface area contributed by atoms with E-state index in [0.29, 0.717) is 24.8 Å². The minimum atomic E-state index is -0.163. The van der Waals surface area contributed by atoms with Crippen LogP contribution in [0.1, 0.15) is 13.3 Å². The van der Waals surface area contributed by atoms with Crippen LogP contribution < -0.4 is 15.4 Å². The van der Waals surface area contributed by atoms with E-state index >= 15 is 0 Å². The van der Waals surface area contributed by atoms with Crippen LogP contribution in [-0.2, 0) is 9.53 Å². The molecule has 6 nitrogen and oxygen atoms in total. The summed E-state index contributed by atoms with van der Waals surface area (Å²) in [5.74, 6) is 0.321. The fourth-order valence-corrected chi connectivity index (χ4v) is 2.15. The Labute approximate surface area is 118 Å². The molecule has 2 heterocycles. The summed E-state index contributed by atoms with van der Waals surface area (Å²) in [6.07, 6.45) is 2.62. The van der Waals surface area contributed by atoms with Gasteiger partial charge in [0.05, 0.1) is 38.1 Å². The van der Waals surface area contributed by atoms with Gasteiger partial charge in [-0.05, 0) is 19.0 Å². The van der Waals surface area contributed by atoms with Crippen LogP contribution >= 0.6 is 0 Å². The third-order valence-electron chi connectivity index (χ3n) is 3.29. The summed E-state index contributed by atoms with van der Waals surface area (Å²) in [5.41, 5.74) is 0.664. The number of amides is 1. The molecule has 1 saturated heterocycles. The number of nitrogens with one attached hydrogen (secondary N) is 2. The molecule has 1 fully saturated rings. The van der Waals surface area contributed by atoms with E-state index in [4.69, 9.17) is 9.47 Å². The van der Waals surface area contributed by atoms with Crippen LogP contribution in [0.25, 0.3) is 0 Å². The van der Waals surface area contributed by atoms with Gasteiger partial charge in [-0.2, -0.15) is 0 Å². The van der Waals surface area contributed by atoms with Gasteiger partial charge in [-0.25, -0.2) is 4.98 Å². The molecular formula is C14H21N3O3. The molecule has 1 aliphatic heterocycles. The Morgan fingerprint density at radius 1 is 1.50 bits per heavy atom. The van der Waals surface area contributed by atoms with Crippen LogP contribution in [-0.4, -0.2) is 43.8 Å². The second kappa shape index (κ2) is 7.21. The molecule has 1 aromatic rings. The Kier molecular flexibility index (Phi) is 5.31. The molecule has 6 heteroatoms. The molecule has 0 bridgehead atoms. The Morgan fingerprint density at radius 3 is 3.00 bits per heavy atom. The average molecular weight is 279 g/mol. The number of pyridine rings is 1. The molecule has 2 atom stereocenters. The van der Waals surface area contributed by atoms with Crippen LogP contribution in [0.5, 0.6) is 5.88 Å². The topological polar surface area (TPSA) is 72.5 Å². The van der Waals surface area contributed by atoms with E-state index in [2.05, 4.69) is 22.5 Å². The number of rotatable bonds is 6. The zero-order valence-corrected chi connectivity index (χ0v) is 11.9. The molecule has 2 N–H and O–H groups in total. The minimum absolute atomic E-state index is 0.0388. The monoisotopic (exact) mass is 279 g/mol. The number of nitrogens with zero attached hydrogens (tertiary/aromatic N) is 1. The van der Waals surface area contributed by atoms with Gasteiger partial charge in [-0.15, -0.1) is 0 Å². The molecule has 2 unspecified atom stereocenters. The fourth-order valence-electron chi connectivity index (χ4n) is 2.15. The van der Waals surface area contributed by atoms with Gasteiger partial charge in [-0.3, -0.25) is 4.79 Å². The van der Waals surface area contributed by atoms with Gasteiger partial charge < -0.3 is 20.1 Å². The number of hydrogen-bond acceptors (Lipinski definition) is 5. The number of aromatic nitrogens is 1. The number of ether oxygens (including phenoxy) is 2. The maximum Gasteiger partial charge on any atom is 0.231 e. The summed E-state index contributed by atoms with van der Waals surface area (Å²) in [6.45, 7) is 4.03. The average Bonchev–Trinajstić information content (AvgIpc) is 2.94. The van der Waals surface area contributed by atoms with Gasteiger partial charge in [0.25, 0.3) is 0 Å². The molecule has 2 rings (SSSR count). The SMILES string of the molecule is CCCNC1COCC1C(=O)Nc1ccc(OC)nc1. The first-order chi connectivity index (χ1) is 9.74. The summed E-state index contributed by atoms with van der Waals surface area (Å²) in [5, 5.41) is 6.21. The van der Waals surface area contributed by atoms with Crippen molar-refractivity contribution in [1.29, 1.82) is 0 Å². The first-order valence-corrected chi connectivity index (χ1v) is 6.86. The third-order valence-corrected chi connectivity index (χ3v) is 3.29. The lowest BCUT2D eigenvalue weighted by Crippen LogP contribution is -2.41. The van der Waals surface area contributed by atoms with Crippen molar-refractivity contribution in [3.8, 4) is 5.88 Å². The van der Waals surface area contributed by atoms with E-state index in [1.54, 1.807) is 25.4 Å². The summed E-state index contributed by atoms with van der Waals surface area (Å²) in [4.78, 5) is 16.3. The Hall–Kier alpha value is -1.66. The molecule has 1 amide bonds. The lowest BCUT2D eigenvalue weighted by molar-refractivity contribution is -0.120. The first-order valence-electron chi connectivity index (χ1n) is 6.86. The summed E-state index contributed by atoms with van der Waals surface area (Å²) in [7, 11) is 1.56. The van der Waals surface area contributed by atoms with E-state index < -0.39 is 0 Å². The molecule has 0 saturated carbocycles. The summed E-state index contributed by atoms with van der Waals surface area (Å²) < 4.78 is 10.4. The Morgan fingerprint density at radius 2 is 2.35 bits per heavy atom. The zero-order valence-electron chi connectivity index (χ0n) is 11.9. The lowest BCUT2D eigenvalue weighted by Gasteiger charge is -2.18. The van der Waals surface area contributed by atoms with Crippen LogP contribution in [0.15, 0.2) is 18.3 Å².